The van der Waals surface area contributed by atoms with Crippen LogP contribution < -0.4 is 11.1 Å². The molecule has 0 bridgehead atoms. The SMILES string of the molecule is CCC(CC(N)=NO)NCC(=O)N(C)CC. The zero-order chi connectivity index (χ0) is 12.6. The van der Waals surface area contributed by atoms with Crippen molar-refractivity contribution in [1.82, 2.24) is 10.2 Å². The maximum absolute atomic E-state index is 11.5. The summed E-state index contributed by atoms with van der Waals surface area (Å²) in [5.41, 5.74) is 5.41. The molecule has 1 atom stereocenters. The highest BCUT2D eigenvalue weighted by Gasteiger charge is 2.12. The minimum absolute atomic E-state index is 0.0421. The molecule has 6 heteroatoms. The molecule has 0 aliphatic rings. The predicted molar refractivity (Wildman–Crippen MR) is 63.4 cm³/mol. The Balaban J connectivity index is 4.00. The number of hydrogen-bond donors (Lipinski definition) is 3. The van der Waals surface area contributed by atoms with Gasteiger partial charge in [0.15, 0.2) is 0 Å². The van der Waals surface area contributed by atoms with Crippen LogP contribution in [0.5, 0.6) is 0 Å². The van der Waals surface area contributed by atoms with Crippen molar-refractivity contribution in [3.63, 3.8) is 0 Å². The van der Waals surface area contributed by atoms with Gasteiger partial charge in [0.1, 0.15) is 5.84 Å². The smallest absolute Gasteiger partial charge is 0.236 e. The lowest BCUT2D eigenvalue weighted by Gasteiger charge is -2.19. The Hall–Kier alpha value is -1.30. The van der Waals surface area contributed by atoms with Crippen LogP contribution >= 0.6 is 0 Å². The third kappa shape index (κ3) is 5.55. The first-order chi connectivity index (χ1) is 7.54. The van der Waals surface area contributed by atoms with Crippen LogP contribution in [0.4, 0.5) is 0 Å². The van der Waals surface area contributed by atoms with Gasteiger partial charge >= 0.3 is 0 Å². The first-order valence-corrected chi connectivity index (χ1v) is 5.48. The first kappa shape index (κ1) is 14.7. The second-order valence-corrected chi connectivity index (χ2v) is 3.69. The second kappa shape index (κ2) is 7.92. The van der Waals surface area contributed by atoms with Crippen LogP contribution in [0.3, 0.4) is 0 Å². The van der Waals surface area contributed by atoms with Gasteiger partial charge in [0.2, 0.25) is 5.91 Å². The highest BCUT2D eigenvalue weighted by Crippen LogP contribution is 1.97. The van der Waals surface area contributed by atoms with Crippen LogP contribution in [0.1, 0.15) is 26.7 Å². The largest absolute Gasteiger partial charge is 0.409 e. The molecule has 0 saturated carbocycles. The molecular weight excluding hydrogens is 208 g/mol. The van der Waals surface area contributed by atoms with E-state index in [9.17, 15) is 4.79 Å². The Morgan fingerprint density at radius 3 is 2.62 bits per heavy atom. The summed E-state index contributed by atoms with van der Waals surface area (Å²) in [4.78, 5) is 13.1. The van der Waals surface area contributed by atoms with Gasteiger partial charge < -0.3 is 21.2 Å². The van der Waals surface area contributed by atoms with Crippen molar-refractivity contribution in [3.8, 4) is 0 Å². The van der Waals surface area contributed by atoms with E-state index >= 15 is 0 Å². The lowest BCUT2D eigenvalue weighted by molar-refractivity contribution is -0.128. The van der Waals surface area contributed by atoms with Gasteiger partial charge in [0.25, 0.3) is 0 Å². The van der Waals surface area contributed by atoms with Crippen LogP contribution in [-0.2, 0) is 4.79 Å². The Labute approximate surface area is 96.5 Å². The predicted octanol–water partition coefficient (Wildman–Crippen LogP) is -0.0306. The van der Waals surface area contributed by atoms with Gasteiger partial charge in [-0.2, -0.15) is 0 Å². The molecule has 16 heavy (non-hydrogen) atoms. The van der Waals surface area contributed by atoms with E-state index in [1.807, 2.05) is 13.8 Å². The average molecular weight is 230 g/mol. The molecule has 1 unspecified atom stereocenters. The van der Waals surface area contributed by atoms with Crippen LogP contribution in [0.2, 0.25) is 0 Å². The molecule has 0 spiro atoms. The minimum Gasteiger partial charge on any atom is -0.409 e. The van der Waals surface area contributed by atoms with Crippen molar-refractivity contribution in [2.24, 2.45) is 10.9 Å². The summed E-state index contributed by atoms with van der Waals surface area (Å²) in [7, 11) is 1.76. The lowest BCUT2D eigenvalue weighted by Crippen LogP contribution is -2.41. The molecule has 1 amide bonds. The molecular formula is C10H22N4O2. The van der Waals surface area contributed by atoms with Crippen molar-refractivity contribution < 1.29 is 10.0 Å². The van der Waals surface area contributed by atoms with Gasteiger partial charge in [-0.25, -0.2) is 0 Å². The maximum atomic E-state index is 11.5. The van der Waals surface area contributed by atoms with Gasteiger partial charge in [0, 0.05) is 26.1 Å². The zero-order valence-electron chi connectivity index (χ0n) is 10.2. The summed E-state index contributed by atoms with van der Waals surface area (Å²) in [6.07, 6.45) is 1.26. The zero-order valence-corrected chi connectivity index (χ0v) is 10.2. The third-order valence-electron chi connectivity index (χ3n) is 2.52. The average Bonchev–Trinajstić information content (AvgIpc) is 2.32. The van der Waals surface area contributed by atoms with Crippen LogP contribution in [0.15, 0.2) is 5.16 Å². The van der Waals surface area contributed by atoms with Gasteiger partial charge in [-0.3, -0.25) is 4.79 Å². The van der Waals surface area contributed by atoms with E-state index in [2.05, 4.69) is 10.5 Å². The van der Waals surface area contributed by atoms with E-state index in [1.165, 1.54) is 0 Å². The number of nitrogens with zero attached hydrogens (tertiary/aromatic N) is 2. The monoisotopic (exact) mass is 230 g/mol. The number of amidine groups is 1. The highest BCUT2D eigenvalue weighted by molar-refractivity contribution is 5.80. The van der Waals surface area contributed by atoms with Crippen molar-refractivity contribution in [3.05, 3.63) is 0 Å². The number of nitrogens with two attached hydrogens (primary N) is 1. The van der Waals surface area contributed by atoms with E-state index in [1.54, 1.807) is 11.9 Å². The first-order valence-electron chi connectivity index (χ1n) is 5.48. The fraction of sp³-hybridized carbons (Fsp3) is 0.800. The molecule has 0 radical (unpaired) electrons. The van der Waals surface area contributed by atoms with Crippen LogP contribution in [0.25, 0.3) is 0 Å². The molecule has 0 aromatic rings. The van der Waals surface area contributed by atoms with E-state index in [-0.39, 0.29) is 24.3 Å². The summed E-state index contributed by atoms with van der Waals surface area (Å²) < 4.78 is 0. The van der Waals surface area contributed by atoms with Crippen LogP contribution in [0, 0.1) is 0 Å². The summed E-state index contributed by atoms with van der Waals surface area (Å²) in [5.74, 6) is 0.219. The standard InChI is InChI=1S/C10H22N4O2/c1-4-8(6-9(11)13-16)12-7-10(15)14(3)5-2/h8,12,16H,4-7H2,1-3H3,(H2,11,13). The van der Waals surface area contributed by atoms with Gasteiger partial charge in [-0.15, -0.1) is 0 Å². The Morgan fingerprint density at radius 2 is 2.19 bits per heavy atom. The quantitative estimate of drug-likeness (QED) is 0.248. The topological polar surface area (TPSA) is 91.0 Å². The number of nitrogens with one attached hydrogen (secondary N) is 1. The summed E-state index contributed by atoms with van der Waals surface area (Å²) in [6.45, 7) is 4.88. The van der Waals surface area contributed by atoms with E-state index in [0.29, 0.717) is 13.0 Å². The van der Waals surface area contributed by atoms with E-state index in [0.717, 1.165) is 6.42 Å². The number of carbonyl (C=O) groups is 1. The molecule has 94 valence electrons. The van der Waals surface area contributed by atoms with Crippen molar-refractivity contribution in [2.75, 3.05) is 20.1 Å². The van der Waals surface area contributed by atoms with Gasteiger partial charge in [-0.05, 0) is 13.3 Å². The summed E-state index contributed by atoms with van der Waals surface area (Å²) >= 11 is 0. The molecule has 0 aromatic heterocycles. The number of carbonyl (C=O) groups excluding carboxylic acids is 1. The van der Waals surface area contributed by atoms with Crippen LogP contribution in [-0.4, -0.2) is 48.0 Å². The Morgan fingerprint density at radius 1 is 1.56 bits per heavy atom. The lowest BCUT2D eigenvalue weighted by atomic mass is 10.1. The Bertz CT molecular complexity index is 243. The van der Waals surface area contributed by atoms with Crippen molar-refractivity contribution in [2.45, 2.75) is 32.7 Å². The number of amides is 1. The Kier molecular flexibility index (Phi) is 7.28. The normalized spacial score (nSPS) is 13.6. The fourth-order valence-electron chi connectivity index (χ4n) is 1.20. The number of rotatable bonds is 7. The molecule has 6 nitrogen and oxygen atoms in total. The fourth-order valence-corrected chi connectivity index (χ4v) is 1.20. The highest BCUT2D eigenvalue weighted by atomic mass is 16.4. The maximum Gasteiger partial charge on any atom is 0.236 e. The molecule has 0 aromatic carbocycles. The number of hydrogen-bond acceptors (Lipinski definition) is 4. The van der Waals surface area contributed by atoms with Gasteiger partial charge in [0.05, 0.1) is 6.54 Å². The molecule has 0 heterocycles. The van der Waals surface area contributed by atoms with Crippen molar-refractivity contribution in [1.29, 1.82) is 0 Å². The molecule has 0 aliphatic heterocycles. The van der Waals surface area contributed by atoms with Crippen molar-refractivity contribution >= 4 is 11.7 Å². The molecule has 0 aliphatic carbocycles. The summed E-state index contributed by atoms with van der Waals surface area (Å²) in [6, 6.07) is 0.0603. The number of oxime groups is 1. The third-order valence-corrected chi connectivity index (χ3v) is 2.52. The second-order valence-electron chi connectivity index (χ2n) is 3.69. The van der Waals surface area contributed by atoms with E-state index in [4.69, 9.17) is 10.9 Å². The summed E-state index contributed by atoms with van der Waals surface area (Å²) in [5, 5.41) is 14.4. The van der Waals surface area contributed by atoms with Gasteiger partial charge in [-0.1, -0.05) is 12.1 Å². The molecule has 0 fully saturated rings. The van der Waals surface area contributed by atoms with E-state index < -0.39 is 0 Å². The minimum atomic E-state index is 0.0421. The molecule has 4 N–H and O–H groups in total. The molecule has 0 saturated heterocycles. The molecule has 0 rings (SSSR count). The number of likely N-dealkylation sites (N-methyl/N-ethyl adjacent to an activating group) is 1.